The van der Waals surface area contributed by atoms with Gasteiger partial charge in [0, 0.05) is 4.47 Å². The highest BCUT2D eigenvalue weighted by atomic mass is 79.9. The lowest BCUT2D eigenvalue weighted by atomic mass is 9.88. The van der Waals surface area contributed by atoms with Crippen molar-refractivity contribution < 1.29 is 9.50 Å². The normalized spacial score (nSPS) is 14.4. The number of hydrogen-bond acceptors (Lipinski definition) is 1. The summed E-state index contributed by atoms with van der Waals surface area (Å²) in [4.78, 5) is 0. The first-order valence-corrected chi connectivity index (χ1v) is 6.04. The fraction of sp³-hybridized carbons (Fsp3) is 0.143. The molecular formula is C14H12BrFO. The van der Waals surface area contributed by atoms with Gasteiger partial charge in [0.05, 0.1) is 0 Å². The van der Waals surface area contributed by atoms with E-state index >= 15 is 0 Å². The monoisotopic (exact) mass is 294 g/mol. The van der Waals surface area contributed by atoms with Crippen LogP contribution in [0, 0.1) is 5.82 Å². The maximum Gasteiger partial charge on any atom is 0.123 e. The van der Waals surface area contributed by atoms with E-state index in [0.29, 0.717) is 5.56 Å². The zero-order valence-corrected chi connectivity index (χ0v) is 10.9. The Morgan fingerprint density at radius 1 is 1.06 bits per heavy atom. The number of rotatable bonds is 2. The van der Waals surface area contributed by atoms with Crippen molar-refractivity contribution in [2.24, 2.45) is 0 Å². The van der Waals surface area contributed by atoms with Gasteiger partial charge in [0.15, 0.2) is 0 Å². The smallest absolute Gasteiger partial charge is 0.123 e. The average molecular weight is 295 g/mol. The molecule has 0 saturated carbocycles. The quantitative estimate of drug-likeness (QED) is 0.892. The molecule has 2 rings (SSSR count). The van der Waals surface area contributed by atoms with Gasteiger partial charge in [0.25, 0.3) is 0 Å². The van der Waals surface area contributed by atoms with Gasteiger partial charge in [-0.25, -0.2) is 4.39 Å². The van der Waals surface area contributed by atoms with Gasteiger partial charge in [-0.2, -0.15) is 0 Å². The third kappa shape index (κ3) is 2.56. The molecule has 0 bridgehead atoms. The minimum Gasteiger partial charge on any atom is -0.381 e. The van der Waals surface area contributed by atoms with Gasteiger partial charge in [0.2, 0.25) is 0 Å². The van der Waals surface area contributed by atoms with E-state index in [-0.39, 0.29) is 5.82 Å². The summed E-state index contributed by atoms with van der Waals surface area (Å²) in [5.74, 6) is -0.307. The van der Waals surface area contributed by atoms with Gasteiger partial charge in [-0.05, 0) is 42.3 Å². The lowest BCUT2D eigenvalue weighted by molar-refractivity contribution is 0.102. The molecule has 2 aromatic carbocycles. The molecule has 1 unspecified atom stereocenters. The van der Waals surface area contributed by atoms with E-state index in [2.05, 4.69) is 15.9 Å². The predicted octanol–water partition coefficient (Wildman–Crippen LogP) is 3.84. The zero-order valence-electron chi connectivity index (χ0n) is 9.32. The summed E-state index contributed by atoms with van der Waals surface area (Å²) in [5, 5.41) is 10.5. The van der Waals surface area contributed by atoms with Crippen molar-refractivity contribution >= 4 is 15.9 Å². The first-order valence-electron chi connectivity index (χ1n) is 5.24. The lowest BCUT2D eigenvalue weighted by Gasteiger charge is -2.24. The zero-order chi connectivity index (χ0) is 12.5. The minimum atomic E-state index is -1.13. The third-order valence-corrected chi connectivity index (χ3v) is 3.29. The number of benzene rings is 2. The van der Waals surface area contributed by atoms with Crippen molar-refractivity contribution in [3.8, 4) is 0 Å². The minimum absolute atomic E-state index is 0.307. The van der Waals surface area contributed by atoms with Crippen LogP contribution in [0.2, 0.25) is 0 Å². The Balaban J connectivity index is 2.45. The first kappa shape index (κ1) is 12.3. The average Bonchev–Trinajstić information content (AvgIpc) is 2.29. The van der Waals surface area contributed by atoms with Gasteiger partial charge < -0.3 is 5.11 Å². The van der Waals surface area contributed by atoms with E-state index in [1.165, 1.54) is 12.1 Å². The Morgan fingerprint density at radius 3 is 2.29 bits per heavy atom. The van der Waals surface area contributed by atoms with E-state index in [1.807, 2.05) is 24.3 Å². The molecule has 0 spiro atoms. The standard InChI is InChI=1S/C14H12BrFO/c1-14(17,10-5-7-13(16)8-6-10)11-3-2-4-12(15)9-11/h2-9,17H,1H3. The predicted molar refractivity (Wildman–Crippen MR) is 69.2 cm³/mol. The van der Waals surface area contributed by atoms with E-state index in [0.717, 1.165) is 10.0 Å². The van der Waals surface area contributed by atoms with Crippen LogP contribution in [0.1, 0.15) is 18.1 Å². The van der Waals surface area contributed by atoms with Crippen molar-refractivity contribution in [1.29, 1.82) is 0 Å². The first-order chi connectivity index (χ1) is 8.00. The van der Waals surface area contributed by atoms with Gasteiger partial charge in [-0.1, -0.05) is 40.2 Å². The van der Waals surface area contributed by atoms with Crippen LogP contribution >= 0.6 is 15.9 Å². The molecular weight excluding hydrogens is 283 g/mol. The van der Waals surface area contributed by atoms with Crippen molar-refractivity contribution in [2.75, 3.05) is 0 Å². The van der Waals surface area contributed by atoms with Crippen LogP contribution in [0.15, 0.2) is 53.0 Å². The molecule has 2 aromatic rings. The van der Waals surface area contributed by atoms with Crippen LogP contribution < -0.4 is 0 Å². The molecule has 0 aliphatic heterocycles. The third-order valence-electron chi connectivity index (χ3n) is 2.79. The summed E-state index contributed by atoms with van der Waals surface area (Å²) in [6, 6.07) is 13.3. The van der Waals surface area contributed by atoms with Gasteiger partial charge >= 0.3 is 0 Å². The Morgan fingerprint density at radius 2 is 1.71 bits per heavy atom. The summed E-state index contributed by atoms with van der Waals surface area (Å²) < 4.78 is 13.8. The second kappa shape index (κ2) is 4.59. The Hall–Kier alpha value is -1.19. The molecule has 0 aliphatic rings. The molecule has 0 radical (unpaired) electrons. The molecule has 1 nitrogen and oxygen atoms in total. The number of hydrogen-bond donors (Lipinski definition) is 1. The summed E-state index contributed by atoms with van der Waals surface area (Å²) in [6.07, 6.45) is 0. The molecule has 0 aromatic heterocycles. The fourth-order valence-electron chi connectivity index (χ4n) is 1.73. The SMILES string of the molecule is CC(O)(c1ccc(F)cc1)c1cccc(Br)c1. The maximum absolute atomic E-state index is 12.9. The molecule has 1 atom stereocenters. The highest BCUT2D eigenvalue weighted by Crippen LogP contribution is 2.30. The highest BCUT2D eigenvalue weighted by Gasteiger charge is 2.25. The molecule has 88 valence electrons. The van der Waals surface area contributed by atoms with E-state index in [1.54, 1.807) is 19.1 Å². The summed E-state index contributed by atoms with van der Waals surface area (Å²) >= 11 is 3.37. The van der Waals surface area contributed by atoms with Crippen LogP contribution in [-0.2, 0) is 5.60 Å². The van der Waals surface area contributed by atoms with E-state index in [4.69, 9.17) is 0 Å². The van der Waals surface area contributed by atoms with Gasteiger partial charge in [0.1, 0.15) is 11.4 Å². The maximum atomic E-state index is 12.9. The summed E-state index contributed by atoms with van der Waals surface area (Å²) in [6.45, 7) is 1.70. The fourth-order valence-corrected chi connectivity index (χ4v) is 2.13. The largest absolute Gasteiger partial charge is 0.381 e. The van der Waals surface area contributed by atoms with E-state index in [9.17, 15) is 9.50 Å². The van der Waals surface area contributed by atoms with Gasteiger partial charge in [-0.3, -0.25) is 0 Å². The number of aliphatic hydroxyl groups is 1. The van der Waals surface area contributed by atoms with Crippen LogP contribution in [0.25, 0.3) is 0 Å². The van der Waals surface area contributed by atoms with Crippen molar-refractivity contribution in [3.63, 3.8) is 0 Å². The molecule has 0 saturated heterocycles. The second-order valence-electron chi connectivity index (χ2n) is 4.09. The topological polar surface area (TPSA) is 20.2 Å². The Kier molecular flexibility index (Phi) is 3.31. The van der Waals surface area contributed by atoms with Gasteiger partial charge in [-0.15, -0.1) is 0 Å². The molecule has 0 amide bonds. The van der Waals surface area contributed by atoms with Crippen molar-refractivity contribution in [3.05, 3.63) is 69.9 Å². The Bertz CT molecular complexity index is 520. The van der Waals surface area contributed by atoms with Crippen LogP contribution in [0.3, 0.4) is 0 Å². The van der Waals surface area contributed by atoms with Crippen LogP contribution in [0.5, 0.6) is 0 Å². The van der Waals surface area contributed by atoms with Crippen LogP contribution in [-0.4, -0.2) is 5.11 Å². The molecule has 1 N–H and O–H groups in total. The Labute approximate surface area is 108 Å². The molecule has 17 heavy (non-hydrogen) atoms. The highest BCUT2D eigenvalue weighted by molar-refractivity contribution is 9.10. The van der Waals surface area contributed by atoms with Crippen LogP contribution in [0.4, 0.5) is 4.39 Å². The molecule has 0 fully saturated rings. The molecule has 0 aliphatic carbocycles. The second-order valence-corrected chi connectivity index (χ2v) is 5.01. The van der Waals surface area contributed by atoms with Crippen molar-refractivity contribution in [1.82, 2.24) is 0 Å². The molecule has 0 heterocycles. The summed E-state index contributed by atoms with van der Waals surface area (Å²) in [7, 11) is 0. The number of halogens is 2. The van der Waals surface area contributed by atoms with E-state index < -0.39 is 5.60 Å². The lowest BCUT2D eigenvalue weighted by Crippen LogP contribution is -2.22. The van der Waals surface area contributed by atoms with Crippen molar-refractivity contribution in [2.45, 2.75) is 12.5 Å². The molecule has 3 heteroatoms. The summed E-state index contributed by atoms with van der Waals surface area (Å²) in [5.41, 5.74) is 0.299.